The summed E-state index contributed by atoms with van der Waals surface area (Å²) in [5.74, 6) is 0. The number of allylic oxidation sites excluding steroid dienone is 4. The molecule has 0 aromatic rings. The van der Waals surface area contributed by atoms with Gasteiger partial charge in [-0.15, -0.1) is 13.2 Å². The van der Waals surface area contributed by atoms with Crippen molar-refractivity contribution in [2.24, 2.45) is 0 Å². The lowest BCUT2D eigenvalue weighted by molar-refractivity contribution is 0.602. The molecule has 0 atom stereocenters. The van der Waals surface area contributed by atoms with Crippen LogP contribution in [0.3, 0.4) is 0 Å². The normalized spacial score (nSPS) is 9.93. The first-order chi connectivity index (χ1) is 14.4. The molecule has 1 N–H and O–H groups in total. The SMILES string of the molecule is C=C.C=C(C)NC(/C=C(/C)CC)=C\C.CC.CCCCC.CCCCCCCCC. The molecular formula is C29H61N. The maximum atomic E-state index is 3.79. The third kappa shape index (κ3) is 50.5. The van der Waals surface area contributed by atoms with Crippen molar-refractivity contribution in [2.45, 2.75) is 140 Å². The number of hydrogen-bond donors (Lipinski definition) is 1. The molecule has 0 aromatic heterocycles. The Labute approximate surface area is 194 Å². The quantitative estimate of drug-likeness (QED) is 0.187. The maximum Gasteiger partial charge on any atom is 0.0337 e. The minimum atomic E-state index is 0.975. The Morgan fingerprint density at radius 2 is 1.07 bits per heavy atom. The topological polar surface area (TPSA) is 12.0 Å². The average Bonchev–Trinajstić information content (AvgIpc) is 2.77. The zero-order valence-electron chi connectivity index (χ0n) is 23.1. The predicted octanol–water partition coefficient (Wildman–Crippen LogP) is 11.2. The summed E-state index contributed by atoms with van der Waals surface area (Å²) in [5, 5.41) is 3.18. The molecule has 0 aliphatic rings. The van der Waals surface area contributed by atoms with E-state index in [2.05, 4.69) is 72.7 Å². The van der Waals surface area contributed by atoms with Crippen LogP contribution in [0.2, 0.25) is 0 Å². The summed E-state index contributed by atoms with van der Waals surface area (Å²) in [6, 6.07) is 0. The summed E-state index contributed by atoms with van der Waals surface area (Å²) in [6.07, 6.45) is 19.3. The first kappa shape index (κ1) is 39.3. The molecule has 1 heteroatoms. The summed E-state index contributed by atoms with van der Waals surface area (Å²) in [7, 11) is 0. The van der Waals surface area contributed by atoms with Gasteiger partial charge in [-0.05, 0) is 33.3 Å². The molecule has 0 heterocycles. The molecule has 0 saturated carbocycles. The molecule has 0 spiro atoms. The first-order valence-corrected chi connectivity index (χ1v) is 12.7. The van der Waals surface area contributed by atoms with Gasteiger partial charge >= 0.3 is 0 Å². The third-order valence-corrected chi connectivity index (χ3v) is 4.04. The van der Waals surface area contributed by atoms with E-state index in [-0.39, 0.29) is 0 Å². The molecule has 0 saturated heterocycles. The number of rotatable bonds is 12. The summed E-state index contributed by atoms with van der Waals surface area (Å²) < 4.78 is 0. The fraction of sp³-hybridized carbons (Fsp3) is 0.724. The van der Waals surface area contributed by atoms with E-state index >= 15 is 0 Å². The molecule has 30 heavy (non-hydrogen) atoms. The lowest BCUT2D eigenvalue weighted by atomic mass is 10.1. The second-order valence-corrected chi connectivity index (χ2v) is 7.11. The van der Waals surface area contributed by atoms with Crippen molar-refractivity contribution in [3.05, 3.63) is 48.9 Å². The van der Waals surface area contributed by atoms with Gasteiger partial charge in [0.25, 0.3) is 0 Å². The van der Waals surface area contributed by atoms with E-state index in [1.807, 2.05) is 33.8 Å². The van der Waals surface area contributed by atoms with Gasteiger partial charge < -0.3 is 5.32 Å². The van der Waals surface area contributed by atoms with Crippen molar-refractivity contribution >= 4 is 0 Å². The Morgan fingerprint density at radius 1 is 0.700 bits per heavy atom. The van der Waals surface area contributed by atoms with Crippen LogP contribution in [0.4, 0.5) is 0 Å². The fourth-order valence-electron chi connectivity index (χ4n) is 2.19. The highest BCUT2D eigenvalue weighted by atomic mass is 14.9. The Hall–Kier alpha value is -1.24. The van der Waals surface area contributed by atoms with Crippen molar-refractivity contribution in [1.29, 1.82) is 0 Å². The van der Waals surface area contributed by atoms with Crippen LogP contribution in [0.15, 0.2) is 48.9 Å². The van der Waals surface area contributed by atoms with E-state index in [0.29, 0.717) is 0 Å². The van der Waals surface area contributed by atoms with Crippen molar-refractivity contribution in [2.75, 3.05) is 0 Å². The van der Waals surface area contributed by atoms with Crippen LogP contribution < -0.4 is 5.32 Å². The van der Waals surface area contributed by atoms with E-state index in [4.69, 9.17) is 0 Å². The van der Waals surface area contributed by atoms with Gasteiger partial charge in [0.15, 0.2) is 0 Å². The minimum absolute atomic E-state index is 0.975. The van der Waals surface area contributed by atoms with Crippen LogP contribution in [0, 0.1) is 0 Å². The van der Waals surface area contributed by atoms with Gasteiger partial charge in [-0.3, -0.25) is 0 Å². The van der Waals surface area contributed by atoms with Gasteiger partial charge in [0.2, 0.25) is 0 Å². The monoisotopic (exact) mass is 423 g/mol. The molecule has 1 nitrogen and oxygen atoms in total. The number of nitrogens with one attached hydrogen (secondary N) is 1. The van der Waals surface area contributed by atoms with Crippen LogP contribution in [-0.4, -0.2) is 0 Å². The minimum Gasteiger partial charge on any atom is -0.360 e. The van der Waals surface area contributed by atoms with E-state index in [0.717, 1.165) is 17.8 Å². The number of unbranched alkanes of at least 4 members (excludes halogenated alkanes) is 8. The fourth-order valence-corrected chi connectivity index (χ4v) is 2.19. The maximum absolute atomic E-state index is 3.79. The molecular weight excluding hydrogens is 362 g/mol. The predicted molar refractivity (Wildman–Crippen MR) is 147 cm³/mol. The zero-order valence-corrected chi connectivity index (χ0v) is 23.1. The first-order valence-electron chi connectivity index (χ1n) is 12.7. The van der Waals surface area contributed by atoms with Crippen LogP contribution in [0.5, 0.6) is 0 Å². The van der Waals surface area contributed by atoms with Gasteiger partial charge in [-0.2, -0.15) is 0 Å². The molecule has 182 valence electrons. The average molecular weight is 424 g/mol. The molecule has 0 amide bonds. The van der Waals surface area contributed by atoms with Gasteiger partial charge in [0.05, 0.1) is 0 Å². The van der Waals surface area contributed by atoms with Gasteiger partial charge in [0.1, 0.15) is 0 Å². The van der Waals surface area contributed by atoms with Gasteiger partial charge in [0, 0.05) is 11.4 Å². The molecule has 0 radical (unpaired) electrons. The third-order valence-electron chi connectivity index (χ3n) is 4.04. The molecule has 0 aliphatic heterocycles. The van der Waals surface area contributed by atoms with E-state index < -0.39 is 0 Å². The Balaban J connectivity index is -0.000000102. The zero-order chi connectivity index (χ0) is 24.6. The van der Waals surface area contributed by atoms with Crippen molar-refractivity contribution in [1.82, 2.24) is 5.32 Å². The van der Waals surface area contributed by atoms with Crippen molar-refractivity contribution < 1.29 is 0 Å². The summed E-state index contributed by atoms with van der Waals surface area (Å²) in [4.78, 5) is 0. The molecule has 0 aliphatic carbocycles. The molecule has 0 bridgehead atoms. The highest BCUT2D eigenvalue weighted by molar-refractivity contribution is 5.23. The van der Waals surface area contributed by atoms with Gasteiger partial charge in [-0.1, -0.05) is 131 Å². The molecule has 0 aromatic carbocycles. The smallest absolute Gasteiger partial charge is 0.0337 e. The lowest BCUT2D eigenvalue weighted by Gasteiger charge is -2.06. The lowest BCUT2D eigenvalue weighted by Crippen LogP contribution is -2.07. The van der Waals surface area contributed by atoms with Crippen LogP contribution in [0.25, 0.3) is 0 Å². The summed E-state index contributed by atoms with van der Waals surface area (Å²) >= 11 is 0. The van der Waals surface area contributed by atoms with E-state index in [1.54, 1.807) is 0 Å². The van der Waals surface area contributed by atoms with Crippen molar-refractivity contribution in [3.63, 3.8) is 0 Å². The van der Waals surface area contributed by atoms with E-state index in [1.165, 1.54) is 69.8 Å². The van der Waals surface area contributed by atoms with Crippen LogP contribution >= 0.6 is 0 Å². The summed E-state index contributed by atoms with van der Waals surface area (Å²) in [6.45, 7) is 31.0. The Morgan fingerprint density at radius 3 is 1.30 bits per heavy atom. The Kier molecular flexibility index (Phi) is 54.9. The van der Waals surface area contributed by atoms with Crippen molar-refractivity contribution in [3.8, 4) is 0 Å². The largest absolute Gasteiger partial charge is 0.360 e. The second kappa shape index (κ2) is 42.0. The second-order valence-electron chi connectivity index (χ2n) is 7.11. The van der Waals surface area contributed by atoms with Crippen LogP contribution in [-0.2, 0) is 0 Å². The standard InChI is InChI=1S/C11H19N.C9H20.C5H12.C2H6.C2H4/c1-6-10(5)8-11(7-2)12-9(3)4;1-3-5-7-9-8-6-4-2;1-3-5-4-2;2*1-2/h7-8,12H,3,6H2,1-2,4-5H3;3-9H2,1-2H3;3-5H2,1-2H3;1-2H3;1-2H2/b10-8-,11-7-;;;;. The van der Waals surface area contributed by atoms with Gasteiger partial charge in [-0.25, -0.2) is 0 Å². The van der Waals surface area contributed by atoms with Crippen LogP contribution in [0.1, 0.15) is 140 Å². The Bertz CT molecular complexity index is 341. The highest BCUT2D eigenvalue weighted by Crippen LogP contribution is 2.06. The molecule has 0 unspecified atom stereocenters. The van der Waals surface area contributed by atoms with E-state index in [9.17, 15) is 0 Å². The number of hydrogen-bond acceptors (Lipinski definition) is 1. The molecule has 0 fully saturated rings. The molecule has 0 rings (SSSR count). The summed E-state index contributed by atoms with van der Waals surface area (Å²) in [5.41, 5.74) is 3.47. The highest BCUT2D eigenvalue weighted by Gasteiger charge is 1.91.